The minimum absolute atomic E-state index is 0.138. The van der Waals surface area contributed by atoms with E-state index in [-0.39, 0.29) is 5.91 Å². The van der Waals surface area contributed by atoms with Crippen molar-refractivity contribution < 1.29 is 4.79 Å². The Morgan fingerprint density at radius 2 is 2.27 bits per heavy atom. The molecule has 0 aromatic carbocycles. The van der Waals surface area contributed by atoms with Gasteiger partial charge in [-0.2, -0.15) is 5.10 Å². The van der Waals surface area contributed by atoms with Gasteiger partial charge in [0.1, 0.15) is 0 Å². The number of nitrogens with zero attached hydrogens (tertiary/aromatic N) is 2. The first-order chi connectivity index (χ1) is 7.31. The first kappa shape index (κ1) is 9.39. The Morgan fingerprint density at radius 1 is 1.40 bits per heavy atom. The van der Waals surface area contributed by atoms with Gasteiger partial charge in [0, 0.05) is 25.0 Å². The lowest BCUT2D eigenvalue weighted by Crippen LogP contribution is -2.17. The number of pyridine rings is 1. The number of amides is 1. The van der Waals surface area contributed by atoms with Crippen molar-refractivity contribution in [2.75, 3.05) is 7.05 Å². The number of hydrogen-bond acceptors (Lipinski definition) is 3. The molecule has 2 aromatic heterocycles. The van der Waals surface area contributed by atoms with Crippen LogP contribution in [0.1, 0.15) is 10.4 Å². The second-order valence-corrected chi connectivity index (χ2v) is 3.00. The lowest BCUT2D eigenvalue weighted by Gasteiger charge is -2.00. The van der Waals surface area contributed by atoms with E-state index in [4.69, 9.17) is 0 Å². The Balaban J connectivity index is 2.29. The molecule has 5 nitrogen and oxygen atoms in total. The van der Waals surface area contributed by atoms with Gasteiger partial charge in [0.25, 0.3) is 5.91 Å². The molecular formula is C10H10N4O. The van der Waals surface area contributed by atoms with Gasteiger partial charge in [0.05, 0.1) is 17.5 Å². The molecule has 2 N–H and O–H groups in total. The van der Waals surface area contributed by atoms with Crippen molar-refractivity contribution in [1.29, 1.82) is 0 Å². The van der Waals surface area contributed by atoms with Crippen molar-refractivity contribution in [3.8, 4) is 11.3 Å². The van der Waals surface area contributed by atoms with Gasteiger partial charge in [0.15, 0.2) is 0 Å². The molecule has 5 heteroatoms. The average molecular weight is 202 g/mol. The SMILES string of the molecule is CNC(=O)c1ccc(-c2cn[nH]c2)nc1. The van der Waals surface area contributed by atoms with Gasteiger partial charge in [-0.25, -0.2) is 0 Å². The summed E-state index contributed by atoms with van der Waals surface area (Å²) in [6.45, 7) is 0. The van der Waals surface area contributed by atoms with Crippen LogP contribution in [0.2, 0.25) is 0 Å². The highest BCUT2D eigenvalue weighted by Crippen LogP contribution is 2.14. The van der Waals surface area contributed by atoms with E-state index in [1.54, 1.807) is 37.8 Å². The number of hydrogen-bond donors (Lipinski definition) is 2. The van der Waals surface area contributed by atoms with E-state index in [2.05, 4.69) is 20.5 Å². The van der Waals surface area contributed by atoms with Gasteiger partial charge < -0.3 is 5.32 Å². The van der Waals surface area contributed by atoms with Gasteiger partial charge in [-0.15, -0.1) is 0 Å². The van der Waals surface area contributed by atoms with Crippen LogP contribution >= 0.6 is 0 Å². The second-order valence-electron chi connectivity index (χ2n) is 3.00. The zero-order valence-corrected chi connectivity index (χ0v) is 8.19. The third-order valence-corrected chi connectivity index (χ3v) is 2.05. The van der Waals surface area contributed by atoms with Crippen molar-refractivity contribution in [2.45, 2.75) is 0 Å². The molecule has 76 valence electrons. The van der Waals surface area contributed by atoms with Crippen LogP contribution in [0.25, 0.3) is 11.3 Å². The standard InChI is InChI=1S/C10H10N4O/c1-11-10(15)7-2-3-9(12-4-7)8-5-13-14-6-8/h2-6H,1H3,(H,11,15)(H,13,14). The van der Waals surface area contributed by atoms with Crippen molar-refractivity contribution in [3.05, 3.63) is 36.3 Å². The fourth-order valence-electron chi connectivity index (χ4n) is 1.23. The summed E-state index contributed by atoms with van der Waals surface area (Å²) < 4.78 is 0. The van der Waals surface area contributed by atoms with Crippen molar-refractivity contribution in [3.63, 3.8) is 0 Å². The lowest BCUT2D eigenvalue weighted by atomic mass is 10.2. The molecular weight excluding hydrogens is 192 g/mol. The third-order valence-electron chi connectivity index (χ3n) is 2.05. The van der Waals surface area contributed by atoms with Gasteiger partial charge in [-0.1, -0.05) is 0 Å². The van der Waals surface area contributed by atoms with Crippen LogP contribution in [0.3, 0.4) is 0 Å². The predicted molar refractivity (Wildman–Crippen MR) is 55.2 cm³/mol. The Hall–Kier alpha value is -2.17. The van der Waals surface area contributed by atoms with Crippen LogP contribution in [-0.4, -0.2) is 28.1 Å². The maximum absolute atomic E-state index is 11.2. The van der Waals surface area contributed by atoms with E-state index in [9.17, 15) is 4.79 Å². The maximum atomic E-state index is 11.2. The van der Waals surface area contributed by atoms with E-state index in [0.717, 1.165) is 11.3 Å². The second kappa shape index (κ2) is 3.91. The molecule has 2 aromatic rings. The topological polar surface area (TPSA) is 70.7 Å². The molecule has 0 radical (unpaired) electrons. The van der Waals surface area contributed by atoms with Crippen LogP contribution in [0.4, 0.5) is 0 Å². The Labute approximate surface area is 86.5 Å². The number of H-pyrrole nitrogens is 1. The monoisotopic (exact) mass is 202 g/mol. The minimum atomic E-state index is -0.138. The highest BCUT2D eigenvalue weighted by Gasteiger charge is 2.04. The minimum Gasteiger partial charge on any atom is -0.355 e. The molecule has 0 unspecified atom stereocenters. The van der Waals surface area contributed by atoms with Gasteiger partial charge in [-0.05, 0) is 12.1 Å². The lowest BCUT2D eigenvalue weighted by molar-refractivity contribution is 0.0963. The van der Waals surface area contributed by atoms with Gasteiger partial charge in [0.2, 0.25) is 0 Å². The summed E-state index contributed by atoms with van der Waals surface area (Å²) >= 11 is 0. The number of carbonyl (C=O) groups excluding carboxylic acids is 1. The van der Waals surface area contributed by atoms with E-state index in [1.165, 1.54) is 0 Å². The van der Waals surface area contributed by atoms with E-state index < -0.39 is 0 Å². The first-order valence-corrected chi connectivity index (χ1v) is 4.48. The zero-order chi connectivity index (χ0) is 10.7. The molecule has 0 aliphatic rings. The van der Waals surface area contributed by atoms with Crippen molar-refractivity contribution in [1.82, 2.24) is 20.5 Å². The number of rotatable bonds is 2. The fourth-order valence-corrected chi connectivity index (χ4v) is 1.23. The Bertz CT molecular complexity index is 447. The molecule has 2 rings (SSSR count). The fraction of sp³-hybridized carbons (Fsp3) is 0.100. The van der Waals surface area contributed by atoms with Crippen LogP contribution in [0.5, 0.6) is 0 Å². The molecule has 0 aliphatic carbocycles. The van der Waals surface area contributed by atoms with E-state index in [1.807, 2.05) is 0 Å². The van der Waals surface area contributed by atoms with Gasteiger partial charge in [-0.3, -0.25) is 14.9 Å². The molecule has 0 saturated heterocycles. The summed E-state index contributed by atoms with van der Waals surface area (Å²) in [6.07, 6.45) is 4.98. The first-order valence-electron chi connectivity index (χ1n) is 4.48. The average Bonchev–Trinajstić information content (AvgIpc) is 2.82. The van der Waals surface area contributed by atoms with Gasteiger partial charge >= 0.3 is 0 Å². The molecule has 0 spiro atoms. The van der Waals surface area contributed by atoms with E-state index >= 15 is 0 Å². The summed E-state index contributed by atoms with van der Waals surface area (Å²) in [5.74, 6) is -0.138. The highest BCUT2D eigenvalue weighted by atomic mass is 16.1. The van der Waals surface area contributed by atoms with Crippen molar-refractivity contribution in [2.24, 2.45) is 0 Å². The zero-order valence-electron chi connectivity index (χ0n) is 8.19. The normalized spacial score (nSPS) is 9.93. The molecule has 1 amide bonds. The summed E-state index contributed by atoms with van der Waals surface area (Å²) in [5, 5.41) is 9.07. The molecule has 0 saturated carbocycles. The Morgan fingerprint density at radius 3 is 2.80 bits per heavy atom. The largest absolute Gasteiger partial charge is 0.355 e. The summed E-state index contributed by atoms with van der Waals surface area (Å²) in [7, 11) is 1.59. The third kappa shape index (κ3) is 1.85. The van der Waals surface area contributed by atoms with Crippen molar-refractivity contribution >= 4 is 5.91 Å². The Kier molecular flexibility index (Phi) is 2.45. The number of nitrogens with one attached hydrogen (secondary N) is 2. The summed E-state index contributed by atoms with van der Waals surface area (Å²) in [4.78, 5) is 15.4. The molecule has 2 heterocycles. The van der Waals surface area contributed by atoms with Crippen LogP contribution in [0, 0.1) is 0 Å². The molecule has 0 bridgehead atoms. The van der Waals surface area contributed by atoms with Crippen LogP contribution in [-0.2, 0) is 0 Å². The molecule has 0 atom stereocenters. The maximum Gasteiger partial charge on any atom is 0.252 e. The number of aromatic amines is 1. The predicted octanol–water partition coefficient (Wildman–Crippen LogP) is 0.831. The highest BCUT2D eigenvalue weighted by molar-refractivity contribution is 5.93. The number of carbonyl (C=O) groups is 1. The molecule has 15 heavy (non-hydrogen) atoms. The summed E-state index contributed by atoms with van der Waals surface area (Å²) in [6, 6.07) is 3.52. The smallest absolute Gasteiger partial charge is 0.252 e. The molecule has 0 aliphatic heterocycles. The summed E-state index contributed by atoms with van der Waals surface area (Å²) in [5.41, 5.74) is 2.24. The van der Waals surface area contributed by atoms with Crippen LogP contribution in [0.15, 0.2) is 30.7 Å². The molecule has 0 fully saturated rings. The van der Waals surface area contributed by atoms with Crippen LogP contribution < -0.4 is 5.32 Å². The number of aromatic nitrogens is 3. The quantitative estimate of drug-likeness (QED) is 0.757. The van der Waals surface area contributed by atoms with E-state index in [0.29, 0.717) is 5.56 Å².